The number of aryl methyl sites for hydroxylation is 1. The highest BCUT2D eigenvalue weighted by atomic mass is 32.1. The molecule has 0 spiro atoms. The van der Waals surface area contributed by atoms with E-state index in [4.69, 9.17) is 26.1 Å². The fourth-order valence-electron chi connectivity index (χ4n) is 3.70. The highest BCUT2D eigenvalue weighted by Gasteiger charge is 2.16. The van der Waals surface area contributed by atoms with Crippen molar-refractivity contribution in [1.82, 2.24) is 9.88 Å². The molecule has 4 rings (SSSR count). The number of carboxylic acids is 1. The number of carboxylic acid groups (broad SMARTS) is 1. The van der Waals surface area contributed by atoms with Gasteiger partial charge in [0.1, 0.15) is 23.8 Å². The molecule has 1 heterocycles. The number of aromatic nitrogens is 1. The van der Waals surface area contributed by atoms with E-state index < -0.39 is 5.97 Å². The Bertz CT molecular complexity index is 1310. The van der Waals surface area contributed by atoms with E-state index in [2.05, 4.69) is 4.98 Å². The van der Waals surface area contributed by atoms with E-state index in [1.807, 2.05) is 79.7 Å². The Morgan fingerprint density at radius 3 is 2.30 bits per heavy atom. The Labute approximate surface area is 221 Å². The van der Waals surface area contributed by atoms with Gasteiger partial charge in [-0.1, -0.05) is 48.5 Å². The number of thiocarbonyl (C=S) groups is 1. The Kier molecular flexibility index (Phi) is 8.89. The van der Waals surface area contributed by atoms with Gasteiger partial charge in [-0.05, 0) is 67.5 Å². The van der Waals surface area contributed by atoms with Crippen LogP contribution in [0.15, 0.2) is 89.3 Å². The Morgan fingerprint density at radius 1 is 0.946 bits per heavy atom. The van der Waals surface area contributed by atoms with Crippen LogP contribution in [0.4, 0.5) is 0 Å². The average molecular weight is 517 g/mol. The van der Waals surface area contributed by atoms with Crippen LogP contribution in [-0.4, -0.2) is 45.8 Å². The van der Waals surface area contributed by atoms with Crippen LogP contribution in [0.3, 0.4) is 0 Å². The Hall–Kier alpha value is -4.17. The number of hydrogen-bond donors (Lipinski definition) is 1. The lowest BCUT2D eigenvalue weighted by molar-refractivity contribution is -0.137. The molecule has 8 heteroatoms. The molecule has 0 bridgehead atoms. The standard InChI is InChI=1S/C29H28N2O5S/c1-21-26(30-28(35-21)23-8-4-2-5-9-23)17-19-34-24-14-12-22(13-15-24)16-18-31(20-27(32)33)29(37)36-25-10-6-3-7-11-25/h2-15H,16-20H2,1H3,(H,32,33). The lowest BCUT2D eigenvalue weighted by Gasteiger charge is -2.23. The predicted molar refractivity (Wildman–Crippen MR) is 145 cm³/mol. The van der Waals surface area contributed by atoms with Gasteiger partial charge in [0.2, 0.25) is 5.89 Å². The van der Waals surface area contributed by atoms with Crippen molar-refractivity contribution >= 4 is 23.4 Å². The molecule has 190 valence electrons. The third-order valence-corrected chi connectivity index (χ3v) is 5.99. The first-order valence-corrected chi connectivity index (χ1v) is 12.4. The molecule has 0 unspecified atom stereocenters. The van der Waals surface area contributed by atoms with Crippen LogP contribution in [0.2, 0.25) is 0 Å². The van der Waals surface area contributed by atoms with Crippen LogP contribution in [-0.2, 0) is 17.6 Å². The molecule has 0 saturated carbocycles. The summed E-state index contributed by atoms with van der Waals surface area (Å²) in [6.45, 7) is 2.56. The van der Waals surface area contributed by atoms with E-state index in [9.17, 15) is 9.90 Å². The molecular formula is C29H28N2O5S. The molecule has 0 aliphatic heterocycles. The van der Waals surface area contributed by atoms with E-state index in [0.29, 0.717) is 37.6 Å². The number of para-hydroxylation sites is 1. The maximum atomic E-state index is 11.3. The molecule has 4 aromatic rings. The Morgan fingerprint density at radius 2 is 1.62 bits per heavy atom. The lowest BCUT2D eigenvalue weighted by atomic mass is 10.1. The quantitative estimate of drug-likeness (QED) is 0.259. The number of oxazole rings is 1. The van der Waals surface area contributed by atoms with Gasteiger partial charge < -0.3 is 23.9 Å². The average Bonchev–Trinajstić information content (AvgIpc) is 3.28. The van der Waals surface area contributed by atoms with Crippen LogP contribution >= 0.6 is 12.2 Å². The third kappa shape index (κ3) is 7.65. The molecule has 7 nitrogen and oxygen atoms in total. The van der Waals surface area contributed by atoms with Gasteiger partial charge in [0.05, 0.1) is 12.3 Å². The minimum absolute atomic E-state index is 0.132. The van der Waals surface area contributed by atoms with Crippen LogP contribution in [0.5, 0.6) is 11.5 Å². The van der Waals surface area contributed by atoms with Gasteiger partial charge in [0, 0.05) is 18.5 Å². The highest BCUT2D eigenvalue weighted by Crippen LogP contribution is 2.22. The van der Waals surface area contributed by atoms with Crippen molar-refractivity contribution in [2.24, 2.45) is 0 Å². The smallest absolute Gasteiger partial charge is 0.323 e. The van der Waals surface area contributed by atoms with Crippen LogP contribution in [0.25, 0.3) is 11.5 Å². The molecule has 0 atom stereocenters. The van der Waals surface area contributed by atoms with Crippen molar-refractivity contribution in [3.8, 4) is 23.0 Å². The third-order valence-electron chi connectivity index (χ3n) is 5.65. The minimum Gasteiger partial charge on any atom is -0.493 e. The largest absolute Gasteiger partial charge is 0.493 e. The summed E-state index contributed by atoms with van der Waals surface area (Å²) in [5, 5.41) is 9.42. The molecule has 0 saturated heterocycles. The summed E-state index contributed by atoms with van der Waals surface area (Å²) in [6.07, 6.45) is 1.24. The van der Waals surface area contributed by atoms with E-state index in [1.54, 1.807) is 17.0 Å². The molecule has 1 N–H and O–H groups in total. The molecule has 0 amide bonds. The van der Waals surface area contributed by atoms with E-state index in [0.717, 1.165) is 28.3 Å². The molecular weight excluding hydrogens is 488 g/mol. The summed E-state index contributed by atoms with van der Waals surface area (Å²) in [5.74, 6) is 1.75. The molecule has 3 aromatic carbocycles. The maximum Gasteiger partial charge on any atom is 0.323 e. The number of carbonyl (C=O) groups is 1. The van der Waals surface area contributed by atoms with Gasteiger partial charge in [0.25, 0.3) is 5.17 Å². The zero-order chi connectivity index (χ0) is 26.0. The second-order valence-electron chi connectivity index (χ2n) is 8.38. The van der Waals surface area contributed by atoms with E-state index in [-0.39, 0.29) is 11.7 Å². The molecule has 0 radical (unpaired) electrons. The van der Waals surface area contributed by atoms with E-state index in [1.165, 1.54) is 0 Å². The van der Waals surface area contributed by atoms with Crippen LogP contribution in [0.1, 0.15) is 17.0 Å². The molecule has 0 aliphatic carbocycles. The normalized spacial score (nSPS) is 10.6. The number of benzene rings is 3. The topological polar surface area (TPSA) is 85.0 Å². The van der Waals surface area contributed by atoms with Gasteiger partial charge in [-0.15, -0.1) is 0 Å². The van der Waals surface area contributed by atoms with Gasteiger partial charge in [-0.2, -0.15) is 0 Å². The first-order valence-electron chi connectivity index (χ1n) is 11.9. The summed E-state index contributed by atoms with van der Waals surface area (Å²) < 4.78 is 17.4. The highest BCUT2D eigenvalue weighted by molar-refractivity contribution is 7.80. The fraction of sp³-hybridized carbons (Fsp3) is 0.207. The van der Waals surface area contributed by atoms with Gasteiger partial charge in [0.15, 0.2) is 0 Å². The van der Waals surface area contributed by atoms with Crippen LogP contribution in [0, 0.1) is 6.92 Å². The summed E-state index contributed by atoms with van der Waals surface area (Å²) in [4.78, 5) is 17.5. The second-order valence-corrected chi connectivity index (χ2v) is 8.73. The summed E-state index contributed by atoms with van der Waals surface area (Å²) in [5.41, 5.74) is 2.86. The number of rotatable bonds is 11. The zero-order valence-corrected chi connectivity index (χ0v) is 21.3. The van der Waals surface area contributed by atoms with Crippen molar-refractivity contribution < 1.29 is 23.8 Å². The van der Waals surface area contributed by atoms with Crippen molar-refractivity contribution in [1.29, 1.82) is 0 Å². The summed E-state index contributed by atoms with van der Waals surface area (Å²) in [6, 6.07) is 26.6. The monoisotopic (exact) mass is 516 g/mol. The minimum atomic E-state index is -0.971. The fourth-order valence-corrected chi connectivity index (χ4v) is 3.95. The number of nitrogens with zero attached hydrogens (tertiary/aromatic N) is 2. The summed E-state index contributed by atoms with van der Waals surface area (Å²) in [7, 11) is 0. The van der Waals surface area contributed by atoms with Gasteiger partial charge >= 0.3 is 5.97 Å². The van der Waals surface area contributed by atoms with Gasteiger partial charge in [-0.25, -0.2) is 4.98 Å². The van der Waals surface area contributed by atoms with Crippen LogP contribution < -0.4 is 9.47 Å². The van der Waals surface area contributed by atoms with Crippen molar-refractivity contribution in [3.63, 3.8) is 0 Å². The van der Waals surface area contributed by atoms with Crippen molar-refractivity contribution in [3.05, 3.63) is 102 Å². The second kappa shape index (κ2) is 12.7. The first kappa shape index (κ1) is 25.9. The van der Waals surface area contributed by atoms with E-state index >= 15 is 0 Å². The molecule has 0 aliphatic rings. The molecule has 0 fully saturated rings. The molecule has 37 heavy (non-hydrogen) atoms. The van der Waals surface area contributed by atoms with Crippen molar-refractivity contribution in [2.45, 2.75) is 19.8 Å². The molecule has 1 aromatic heterocycles. The lowest BCUT2D eigenvalue weighted by Crippen LogP contribution is -2.38. The predicted octanol–water partition coefficient (Wildman–Crippen LogP) is 5.56. The Balaban J connectivity index is 1.27. The zero-order valence-electron chi connectivity index (χ0n) is 20.5. The number of hydrogen-bond acceptors (Lipinski definition) is 6. The number of ether oxygens (including phenoxy) is 2. The van der Waals surface area contributed by atoms with Crippen molar-refractivity contribution in [2.75, 3.05) is 19.7 Å². The number of aliphatic carboxylic acids is 1. The summed E-state index contributed by atoms with van der Waals surface area (Å²) >= 11 is 5.35. The first-order chi connectivity index (χ1) is 18.0. The SMILES string of the molecule is Cc1oc(-c2ccccc2)nc1CCOc1ccc(CCN(CC(=O)O)C(=S)Oc2ccccc2)cc1. The van der Waals surface area contributed by atoms with Gasteiger partial charge in [-0.3, -0.25) is 4.79 Å². The maximum absolute atomic E-state index is 11.3.